The Kier molecular flexibility index (Phi) is 4.74. The summed E-state index contributed by atoms with van der Waals surface area (Å²) in [5.41, 5.74) is 5.22. The number of thioether (sulfide) groups is 1. The molecule has 2 N–H and O–H groups in total. The van der Waals surface area contributed by atoms with Crippen LogP contribution >= 0.6 is 11.8 Å². The lowest BCUT2D eigenvalue weighted by Crippen LogP contribution is -2.10. The summed E-state index contributed by atoms with van der Waals surface area (Å²) in [4.78, 5) is 14.2. The zero-order valence-corrected chi connectivity index (χ0v) is 6.77. The number of carbonyl (C=O) groups excluding carboxylic acids is 1. The first kappa shape index (κ1) is 9.29. The number of nitrogens with zero attached hydrogens (tertiary/aromatic N) is 1. The van der Waals surface area contributed by atoms with Crippen LogP contribution in [0.4, 0.5) is 4.79 Å². The molecule has 0 aliphatic rings. The zero-order valence-electron chi connectivity index (χ0n) is 5.96. The number of rotatable bonds is 1. The van der Waals surface area contributed by atoms with Gasteiger partial charge in [0.25, 0.3) is 0 Å². The van der Waals surface area contributed by atoms with E-state index in [-0.39, 0.29) is 5.17 Å². The minimum absolute atomic E-state index is 0.221. The Balaban J connectivity index is 3.58. The van der Waals surface area contributed by atoms with Gasteiger partial charge in [0.2, 0.25) is 0 Å². The molecule has 0 atom stereocenters. The van der Waals surface area contributed by atoms with Gasteiger partial charge in [0.15, 0.2) is 5.17 Å². The molecule has 0 amide bonds. The number of carbonyl (C=O) groups is 1. The lowest BCUT2D eigenvalue weighted by atomic mass is 10.9. The number of hydrogen-bond donors (Lipinski definition) is 1. The number of nitrogens with two attached hydrogens (primary N) is 1. The fourth-order valence-corrected chi connectivity index (χ4v) is 0.717. The molecular formula is C5H10N2O2S. The standard InChI is InChI=1S/C5H10N2O2S/c1-3-9-5(8)10-4(6)7-2/h3H2,1-2H3,(H2,6,7). The molecule has 0 unspecified atom stereocenters. The summed E-state index contributed by atoms with van der Waals surface area (Å²) in [6.07, 6.45) is 0. The van der Waals surface area contributed by atoms with Gasteiger partial charge in [-0.15, -0.1) is 0 Å². The number of ether oxygens (including phenoxy) is 1. The fourth-order valence-electron chi connectivity index (χ4n) is 0.278. The average Bonchev–Trinajstić information content (AvgIpc) is 1.88. The van der Waals surface area contributed by atoms with Crippen LogP contribution < -0.4 is 5.73 Å². The molecule has 0 aliphatic carbocycles. The molecule has 0 heterocycles. The molecule has 0 rings (SSSR count). The van der Waals surface area contributed by atoms with Crippen molar-refractivity contribution >= 4 is 22.2 Å². The Morgan fingerprint density at radius 2 is 2.40 bits per heavy atom. The van der Waals surface area contributed by atoms with Crippen molar-refractivity contribution in [1.29, 1.82) is 0 Å². The molecule has 58 valence electrons. The lowest BCUT2D eigenvalue weighted by molar-refractivity contribution is 0.182. The van der Waals surface area contributed by atoms with Gasteiger partial charge in [0, 0.05) is 18.8 Å². The summed E-state index contributed by atoms with van der Waals surface area (Å²) < 4.78 is 4.58. The average molecular weight is 162 g/mol. The minimum Gasteiger partial charge on any atom is -0.458 e. The summed E-state index contributed by atoms with van der Waals surface area (Å²) in [6.45, 7) is 2.10. The molecule has 0 aromatic carbocycles. The van der Waals surface area contributed by atoms with Crippen LogP contribution in [0.25, 0.3) is 0 Å². The molecule has 4 nitrogen and oxygen atoms in total. The monoisotopic (exact) mass is 162 g/mol. The molecule has 10 heavy (non-hydrogen) atoms. The maximum Gasteiger partial charge on any atom is 0.375 e. The van der Waals surface area contributed by atoms with Crippen LogP contribution in [0.1, 0.15) is 6.92 Å². The smallest absolute Gasteiger partial charge is 0.375 e. The molecule has 0 aromatic heterocycles. The quantitative estimate of drug-likeness (QED) is 0.352. The summed E-state index contributed by atoms with van der Waals surface area (Å²) in [5, 5.41) is -0.191. The Morgan fingerprint density at radius 3 is 2.80 bits per heavy atom. The molecule has 0 spiro atoms. The number of aliphatic imine (C=N–C) groups is 1. The maximum absolute atomic E-state index is 10.6. The van der Waals surface area contributed by atoms with Gasteiger partial charge in [-0.05, 0) is 6.92 Å². The third-order valence-corrected chi connectivity index (χ3v) is 1.35. The van der Waals surface area contributed by atoms with Crippen molar-refractivity contribution in [2.75, 3.05) is 13.7 Å². The third-order valence-electron chi connectivity index (χ3n) is 0.670. The van der Waals surface area contributed by atoms with Crippen molar-refractivity contribution in [1.82, 2.24) is 0 Å². The van der Waals surface area contributed by atoms with Crippen LogP contribution in [0, 0.1) is 0 Å². The first-order valence-corrected chi connectivity index (χ1v) is 3.59. The van der Waals surface area contributed by atoms with Crippen LogP contribution in [-0.4, -0.2) is 24.1 Å². The van der Waals surface area contributed by atoms with Crippen LogP contribution in [0.2, 0.25) is 0 Å². The second kappa shape index (κ2) is 5.10. The lowest BCUT2D eigenvalue weighted by Gasteiger charge is -1.97. The van der Waals surface area contributed by atoms with Gasteiger partial charge in [0.05, 0.1) is 6.61 Å². The molecule has 0 fully saturated rings. The van der Waals surface area contributed by atoms with E-state index in [1.807, 2.05) is 0 Å². The second-order valence-electron chi connectivity index (χ2n) is 1.35. The molecule has 0 saturated carbocycles. The van der Waals surface area contributed by atoms with E-state index < -0.39 is 5.30 Å². The summed E-state index contributed by atoms with van der Waals surface area (Å²) in [5.74, 6) is 0. The Morgan fingerprint density at radius 1 is 1.80 bits per heavy atom. The normalized spacial score (nSPS) is 11.2. The first-order chi connectivity index (χ1) is 4.70. The molecular weight excluding hydrogens is 152 g/mol. The zero-order chi connectivity index (χ0) is 7.98. The second-order valence-corrected chi connectivity index (χ2v) is 2.30. The van der Waals surface area contributed by atoms with Crippen LogP contribution in [0.5, 0.6) is 0 Å². The molecule has 0 bridgehead atoms. The SMILES string of the molecule is CCOC(=O)SC(N)=NC. The fraction of sp³-hybridized carbons (Fsp3) is 0.600. The van der Waals surface area contributed by atoms with Gasteiger partial charge in [-0.1, -0.05) is 0 Å². The van der Waals surface area contributed by atoms with E-state index in [4.69, 9.17) is 5.73 Å². The minimum atomic E-state index is -0.411. The van der Waals surface area contributed by atoms with E-state index in [9.17, 15) is 4.79 Å². The van der Waals surface area contributed by atoms with E-state index >= 15 is 0 Å². The summed E-state index contributed by atoms with van der Waals surface area (Å²) >= 11 is 0.791. The Labute approximate surface area is 63.8 Å². The van der Waals surface area contributed by atoms with Crippen molar-refractivity contribution in [3.8, 4) is 0 Å². The molecule has 0 radical (unpaired) electrons. The van der Waals surface area contributed by atoms with Crippen LogP contribution in [0.15, 0.2) is 4.99 Å². The van der Waals surface area contributed by atoms with Gasteiger partial charge in [-0.3, -0.25) is 4.99 Å². The van der Waals surface area contributed by atoms with Crippen LogP contribution in [-0.2, 0) is 4.74 Å². The number of hydrogen-bond acceptors (Lipinski definition) is 4. The van der Waals surface area contributed by atoms with Crippen molar-refractivity contribution < 1.29 is 9.53 Å². The van der Waals surface area contributed by atoms with E-state index in [1.54, 1.807) is 6.92 Å². The maximum atomic E-state index is 10.6. The van der Waals surface area contributed by atoms with Crippen molar-refractivity contribution in [2.45, 2.75) is 6.92 Å². The van der Waals surface area contributed by atoms with Crippen molar-refractivity contribution in [3.05, 3.63) is 0 Å². The Hall–Kier alpha value is -0.710. The highest BCUT2D eigenvalue weighted by molar-refractivity contribution is 8.25. The van der Waals surface area contributed by atoms with E-state index in [0.717, 1.165) is 11.8 Å². The molecule has 0 aliphatic heterocycles. The highest BCUT2D eigenvalue weighted by Gasteiger charge is 2.03. The van der Waals surface area contributed by atoms with E-state index in [2.05, 4.69) is 9.73 Å². The van der Waals surface area contributed by atoms with Gasteiger partial charge < -0.3 is 10.5 Å². The van der Waals surface area contributed by atoms with E-state index in [1.165, 1.54) is 7.05 Å². The highest BCUT2D eigenvalue weighted by atomic mass is 32.2. The largest absolute Gasteiger partial charge is 0.458 e. The Bertz CT molecular complexity index is 147. The van der Waals surface area contributed by atoms with Crippen LogP contribution in [0.3, 0.4) is 0 Å². The molecule has 0 saturated heterocycles. The van der Waals surface area contributed by atoms with Gasteiger partial charge in [-0.2, -0.15) is 0 Å². The summed E-state index contributed by atoms with van der Waals surface area (Å²) in [6, 6.07) is 0. The third kappa shape index (κ3) is 4.20. The number of amidine groups is 1. The molecule has 5 heteroatoms. The van der Waals surface area contributed by atoms with Gasteiger partial charge in [-0.25, -0.2) is 4.79 Å². The highest BCUT2D eigenvalue weighted by Crippen LogP contribution is 2.03. The van der Waals surface area contributed by atoms with Crippen molar-refractivity contribution in [2.24, 2.45) is 10.7 Å². The van der Waals surface area contributed by atoms with Gasteiger partial charge in [0.1, 0.15) is 0 Å². The van der Waals surface area contributed by atoms with Crippen molar-refractivity contribution in [3.63, 3.8) is 0 Å². The van der Waals surface area contributed by atoms with E-state index in [0.29, 0.717) is 6.61 Å². The first-order valence-electron chi connectivity index (χ1n) is 2.77. The predicted molar refractivity (Wildman–Crippen MR) is 42.2 cm³/mol. The van der Waals surface area contributed by atoms with Gasteiger partial charge >= 0.3 is 5.30 Å². The predicted octanol–water partition coefficient (Wildman–Crippen LogP) is 0.821. The summed E-state index contributed by atoms with van der Waals surface area (Å²) in [7, 11) is 1.52. The molecule has 0 aromatic rings. The topological polar surface area (TPSA) is 64.7 Å².